The summed E-state index contributed by atoms with van der Waals surface area (Å²) in [4.78, 5) is 5.48. The molecular weight excluding hydrogens is 1300 g/mol. The Morgan fingerprint density at radius 3 is 1.05 bits per heavy atom. The minimum atomic E-state index is -0.337. The van der Waals surface area contributed by atoms with E-state index in [1.54, 1.807) is 0 Å². The third-order valence-corrected chi connectivity index (χ3v) is 23.4. The van der Waals surface area contributed by atoms with Gasteiger partial charge in [0.15, 0.2) is 0 Å². The van der Waals surface area contributed by atoms with Crippen molar-refractivity contribution in [3.05, 3.63) is 401 Å². The minimum Gasteiger partial charge on any atom is -0.309 e. The summed E-state index contributed by atoms with van der Waals surface area (Å²) in [5.74, 6) is -0.280. The van der Waals surface area contributed by atoms with Crippen LogP contribution in [0.2, 0.25) is 0 Å². The molecule has 3 heteroatoms. The maximum absolute atomic E-state index is 2.75. The molecule has 16 aromatic rings. The second kappa shape index (κ2) is 25.7. The van der Waals surface area contributed by atoms with Crippen LogP contribution in [0.15, 0.2) is 340 Å². The number of anilines is 6. The van der Waals surface area contributed by atoms with Gasteiger partial charge >= 0.3 is 0 Å². The quantitative estimate of drug-likeness (QED) is 0.135. The number of rotatable bonds is 10. The molecule has 3 heterocycles. The van der Waals surface area contributed by atoms with Crippen LogP contribution in [0.1, 0.15) is 135 Å². The Balaban J connectivity index is 0.996. The topological polar surface area (TPSA) is 11.4 Å². The van der Waals surface area contributed by atoms with Crippen LogP contribution < -0.4 is 9.80 Å². The summed E-state index contributed by atoms with van der Waals surface area (Å²) in [5, 5.41) is 2.52. The summed E-state index contributed by atoms with van der Waals surface area (Å²) in [6.07, 6.45) is 0.899. The second-order valence-corrected chi connectivity index (χ2v) is 33.2. The van der Waals surface area contributed by atoms with Crippen LogP contribution >= 0.6 is 0 Å². The highest BCUT2D eigenvalue weighted by atomic mass is 15.2. The van der Waals surface area contributed by atoms with Gasteiger partial charge in [0.05, 0.1) is 45.2 Å². The number of fused-ring (bicyclic) bond motifs is 9. The first kappa shape index (κ1) is 66.4. The predicted octanol–water partition coefficient (Wildman–Crippen LogP) is 28.5. The number of nitrogens with zero attached hydrogens (tertiary/aromatic N) is 3. The first-order chi connectivity index (χ1) is 52.5. The van der Waals surface area contributed by atoms with E-state index in [2.05, 4.69) is 416 Å². The maximum atomic E-state index is 2.75. The molecule has 1 aromatic heterocycles. The predicted molar refractivity (Wildman–Crippen MR) is 456 cm³/mol. The monoisotopic (exact) mass is 1390 g/mol. The summed E-state index contributed by atoms with van der Waals surface area (Å²) in [6, 6.07) is 130. The van der Waals surface area contributed by atoms with Crippen molar-refractivity contribution >= 4 is 55.9 Å². The molecule has 0 saturated heterocycles. The van der Waals surface area contributed by atoms with Gasteiger partial charge in [0, 0.05) is 56.1 Å². The fourth-order valence-electron chi connectivity index (χ4n) is 17.9. The molecule has 3 aliphatic rings. The van der Waals surface area contributed by atoms with Gasteiger partial charge in [-0.05, 0) is 202 Å². The van der Waals surface area contributed by atoms with Crippen LogP contribution in [0.25, 0.3) is 94.3 Å². The average Bonchev–Trinajstić information content (AvgIpc) is 0.750. The molecule has 522 valence electrons. The third kappa shape index (κ3) is 11.2. The van der Waals surface area contributed by atoms with Crippen molar-refractivity contribution in [1.82, 2.24) is 4.57 Å². The number of aromatic nitrogens is 1. The Morgan fingerprint density at radius 1 is 0.259 bits per heavy atom. The van der Waals surface area contributed by atoms with Gasteiger partial charge in [0.1, 0.15) is 0 Å². The van der Waals surface area contributed by atoms with Crippen molar-refractivity contribution < 1.29 is 0 Å². The molecular formula is C105H87N3. The molecule has 0 saturated carbocycles. The lowest BCUT2D eigenvalue weighted by Crippen LogP contribution is -2.31. The molecule has 0 bridgehead atoms. The van der Waals surface area contributed by atoms with Gasteiger partial charge in [-0.15, -0.1) is 0 Å². The van der Waals surface area contributed by atoms with Crippen LogP contribution in [-0.2, 0) is 22.7 Å². The zero-order chi connectivity index (χ0) is 73.3. The lowest BCUT2D eigenvalue weighted by molar-refractivity contribution is 0.589. The van der Waals surface area contributed by atoms with Gasteiger partial charge in [-0.25, -0.2) is 0 Å². The molecule has 0 fully saturated rings. The van der Waals surface area contributed by atoms with Crippen LogP contribution in [0.4, 0.5) is 34.1 Å². The summed E-state index contributed by atoms with van der Waals surface area (Å²) >= 11 is 0. The lowest BCUT2D eigenvalue weighted by atomic mass is 9.71. The summed E-state index contributed by atoms with van der Waals surface area (Å²) in [7, 11) is 0. The van der Waals surface area contributed by atoms with Gasteiger partial charge in [-0.2, -0.15) is 0 Å². The fraction of sp³-hybridized carbons (Fsp3) is 0.143. The Bertz CT molecular complexity index is 5950. The van der Waals surface area contributed by atoms with E-state index in [9.17, 15) is 0 Å². The fourth-order valence-corrected chi connectivity index (χ4v) is 17.9. The van der Waals surface area contributed by atoms with E-state index in [0.717, 1.165) is 107 Å². The molecule has 1 unspecified atom stereocenters. The van der Waals surface area contributed by atoms with Crippen molar-refractivity contribution in [2.24, 2.45) is 0 Å². The van der Waals surface area contributed by atoms with Crippen LogP contribution in [-0.4, -0.2) is 4.57 Å². The van der Waals surface area contributed by atoms with Crippen LogP contribution in [0.3, 0.4) is 0 Å². The van der Waals surface area contributed by atoms with Crippen LogP contribution in [0.5, 0.6) is 0 Å². The second-order valence-electron chi connectivity index (χ2n) is 33.2. The number of benzene rings is 15. The molecule has 15 aromatic carbocycles. The molecule has 0 spiro atoms. The normalized spacial score (nSPS) is 14.0. The summed E-state index contributed by atoms with van der Waals surface area (Å²) in [6.45, 7) is 21.2. The Labute approximate surface area is 636 Å². The van der Waals surface area contributed by atoms with Crippen molar-refractivity contribution in [3.8, 4) is 72.4 Å². The maximum Gasteiger partial charge on any atom is 0.0619 e. The molecule has 0 radical (unpaired) electrons. The molecule has 2 aliphatic heterocycles. The highest BCUT2D eigenvalue weighted by Crippen LogP contribution is 2.65. The van der Waals surface area contributed by atoms with Gasteiger partial charge < -0.3 is 14.4 Å². The van der Waals surface area contributed by atoms with E-state index in [1.807, 2.05) is 0 Å². The van der Waals surface area contributed by atoms with Crippen LogP contribution in [0, 0.1) is 0 Å². The Hall–Kier alpha value is -12.3. The van der Waals surface area contributed by atoms with E-state index >= 15 is 0 Å². The van der Waals surface area contributed by atoms with Crippen molar-refractivity contribution in [1.29, 1.82) is 0 Å². The van der Waals surface area contributed by atoms with E-state index in [4.69, 9.17) is 0 Å². The van der Waals surface area contributed by atoms with Gasteiger partial charge in [-0.3, -0.25) is 0 Å². The zero-order valence-corrected chi connectivity index (χ0v) is 63.0. The first-order valence-electron chi connectivity index (χ1n) is 38.5. The Kier molecular flexibility index (Phi) is 15.8. The molecule has 3 nitrogen and oxygen atoms in total. The molecule has 108 heavy (non-hydrogen) atoms. The van der Waals surface area contributed by atoms with Gasteiger partial charge in [0.2, 0.25) is 0 Å². The lowest BCUT2D eigenvalue weighted by Gasteiger charge is -2.47. The molecule has 1 atom stereocenters. The van der Waals surface area contributed by atoms with Crippen molar-refractivity contribution in [2.45, 2.75) is 96.8 Å². The Morgan fingerprint density at radius 2 is 0.639 bits per heavy atom. The standard InChI is InChI=1S/C105H87N3/c1-103(2,3)78-49-54-92-89(62-78)90-63-79(104(4,5)6)50-55-93(90)106(92)81-51-52-84-95(66-81)108(102-87(71-40-24-14-25-41-71)60-77(68-34-18-11-19-35-68)61-88(102)72-42-26-15-27-43-72)97-65-80(105(7,8)9)64-96-100(97)99(84)91-57-75(98-82-46-30-28-44-73(82)56-74-45-29-31-47-83(74)98)48-53-94(91)107(96)101-85(69-36-20-12-21-37-69)58-76(67-32-16-10-17-33-67)59-86(101)70-38-22-13-23-39-70/h10-55,57-66,98-99H,56H2,1-9H3. The van der Waals surface area contributed by atoms with E-state index in [0.29, 0.717) is 0 Å². The summed E-state index contributed by atoms with van der Waals surface area (Å²) in [5.41, 5.74) is 38.0. The molecule has 1 aliphatic carbocycles. The summed E-state index contributed by atoms with van der Waals surface area (Å²) < 4.78 is 2.57. The minimum absolute atomic E-state index is 0.0150. The number of hydrogen-bond donors (Lipinski definition) is 0. The third-order valence-electron chi connectivity index (χ3n) is 23.4. The smallest absolute Gasteiger partial charge is 0.0619 e. The first-order valence-corrected chi connectivity index (χ1v) is 38.5. The molecule has 0 N–H and O–H groups in total. The van der Waals surface area contributed by atoms with Gasteiger partial charge in [0.25, 0.3) is 0 Å². The highest BCUT2D eigenvalue weighted by molar-refractivity contribution is 6.12. The number of hydrogen-bond acceptors (Lipinski definition) is 2. The largest absolute Gasteiger partial charge is 0.309 e. The van der Waals surface area contributed by atoms with Crippen molar-refractivity contribution in [2.75, 3.05) is 9.80 Å². The SMILES string of the molecule is CC(C)(C)c1cc2c3c(c1)N(c1c(-c4ccccc4)cc(-c4ccccc4)cc1-c1ccccc1)c1cc(-n4c5ccc(C(C)(C)C)cc5c5cc(C(C)(C)C)ccc54)ccc1C3c1cc(C3c4ccccc4Cc4ccccc43)ccc1N2c1c(-c2ccccc2)cc(-c2ccccc2)cc1-c1ccccc1. The van der Waals surface area contributed by atoms with Gasteiger partial charge in [-0.1, -0.05) is 323 Å². The zero-order valence-electron chi connectivity index (χ0n) is 63.0. The molecule has 0 amide bonds. The van der Waals surface area contributed by atoms with Crippen molar-refractivity contribution in [3.63, 3.8) is 0 Å². The van der Waals surface area contributed by atoms with E-state index in [-0.39, 0.29) is 28.1 Å². The average molecular weight is 1390 g/mol. The molecule has 19 rings (SSSR count). The van der Waals surface area contributed by atoms with E-state index in [1.165, 1.54) is 88.6 Å². The highest BCUT2D eigenvalue weighted by Gasteiger charge is 2.45. The van der Waals surface area contributed by atoms with E-state index < -0.39 is 0 Å².